The minimum Gasteiger partial charge on any atom is -0.493 e. The number of fused-ring (bicyclic) bond motifs is 2. The molecule has 0 atom stereocenters. The van der Waals surface area contributed by atoms with Crippen LogP contribution in [0.2, 0.25) is 0 Å². The second kappa shape index (κ2) is 9.25. The third kappa shape index (κ3) is 4.14. The molecular weight excluding hydrogens is 440 g/mol. The van der Waals surface area contributed by atoms with Crippen molar-refractivity contribution in [3.8, 4) is 22.9 Å². The van der Waals surface area contributed by atoms with Gasteiger partial charge in [-0.25, -0.2) is 9.97 Å². The Morgan fingerprint density at radius 3 is 2.43 bits per heavy atom. The van der Waals surface area contributed by atoms with Crippen molar-refractivity contribution >= 4 is 22.5 Å². The first-order chi connectivity index (χ1) is 17.0. The molecule has 0 unspecified atom stereocenters. The lowest BCUT2D eigenvalue weighted by molar-refractivity contribution is 0.0730. The number of hydrogen-bond donors (Lipinski definition) is 0. The highest BCUT2D eigenvalue weighted by molar-refractivity contribution is 6.05. The normalized spacial score (nSPS) is 12.9. The van der Waals surface area contributed by atoms with Crippen molar-refractivity contribution in [1.29, 1.82) is 0 Å². The van der Waals surface area contributed by atoms with E-state index in [9.17, 15) is 4.79 Å². The first-order valence-electron chi connectivity index (χ1n) is 11.6. The van der Waals surface area contributed by atoms with E-state index in [1.807, 2.05) is 84.6 Å². The summed E-state index contributed by atoms with van der Waals surface area (Å²) in [5.41, 5.74) is 5.28. The maximum atomic E-state index is 13.8. The van der Waals surface area contributed by atoms with Crippen LogP contribution >= 0.6 is 0 Å². The molecule has 1 aliphatic rings. The SMILES string of the molecule is COc1ccc2c(c1OC)CCN(C(=O)c1nc(-c3ccc(N(C)C)cc3)nc3ccccc13)C2. The number of nitrogens with zero attached hydrogens (tertiary/aromatic N) is 4. The van der Waals surface area contributed by atoms with Gasteiger partial charge >= 0.3 is 0 Å². The Labute approximate surface area is 204 Å². The fourth-order valence-electron chi connectivity index (χ4n) is 4.59. The molecule has 0 radical (unpaired) electrons. The van der Waals surface area contributed by atoms with Crippen LogP contribution in [0.1, 0.15) is 21.6 Å². The van der Waals surface area contributed by atoms with E-state index in [1.54, 1.807) is 14.2 Å². The van der Waals surface area contributed by atoms with E-state index >= 15 is 0 Å². The number of para-hydroxylation sites is 1. The van der Waals surface area contributed by atoms with Crippen molar-refractivity contribution in [3.05, 3.63) is 77.5 Å². The van der Waals surface area contributed by atoms with E-state index in [-0.39, 0.29) is 5.91 Å². The zero-order chi connectivity index (χ0) is 24.5. The molecule has 7 heteroatoms. The summed E-state index contributed by atoms with van der Waals surface area (Å²) < 4.78 is 11.1. The van der Waals surface area contributed by atoms with Gasteiger partial charge in [0.05, 0.1) is 19.7 Å². The monoisotopic (exact) mass is 468 g/mol. The Morgan fingerprint density at radius 1 is 0.943 bits per heavy atom. The highest BCUT2D eigenvalue weighted by atomic mass is 16.5. The average molecular weight is 469 g/mol. The minimum absolute atomic E-state index is 0.102. The van der Waals surface area contributed by atoms with E-state index in [0.717, 1.165) is 39.0 Å². The number of carbonyl (C=O) groups excluding carboxylic acids is 1. The van der Waals surface area contributed by atoms with E-state index in [4.69, 9.17) is 19.4 Å². The number of carbonyl (C=O) groups is 1. The molecule has 1 aliphatic heterocycles. The van der Waals surface area contributed by atoms with E-state index in [0.29, 0.717) is 36.8 Å². The third-order valence-corrected chi connectivity index (χ3v) is 6.47. The quantitative estimate of drug-likeness (QED) is 0.427. The van der Waals surface area contributed by atoms with Crippen LogP contribution in [0.25, 0.3) is 22.3 Å². The Balaban J connectivity index is 1.52. The molecular formula is C28H28N4O3. The van der Waals surface area contributed by atoms with Crippen LogP contribution in [0.3, 0.4) is 0 Å². The lowest BCUT2D eigenvalue weighted by atomic mass is 9.97. The van der Waals surface area contributed by atoms with Gasteiger partial charge < -0.3 is 19.3 Å². The van der Waals surface area contributed by atoms with Crippen LogP contribution in [0.15, 0.2) is 60.7 Å². The lowest BCUT2D eigenvalue weighted by Crippen LogP contribution is -2.36. The first-order valence-corrected chi connectivity index (χ1v) is 11.6. The molecule has 0 saturated carbocycles. The molecule has 5 rings (SSSR count). The van der Waals surface area contributed by atoms with Crippen LogP contribution in [0.4, 0.5) is 5.69 Å². The third-order valence-electron chi connectivity index (χ3n) is 6.47. The number of hydrogen-bond acceptors (Lipinski definition) is 6. The maximum Gasteiger partial charge on any atom is 0.273 e. The van der Waals surface area contributed by atoms with Crippen molar-refractivity contribution in [2.24, 2.45) is 0 Å². The maximum absolute atomic E-state index is 13.8. The topological polar surface area (TPSA) is 67.8 Å². The Bertz CT molecular complexity index is 1400. The van der Waals surface area contributed by atoms with Crippen LogP contribution < -0.4 is 14.4 Å². The van der Waals surface area contributed by atoms with Gasteiger partial charge in [-0.1, -0.05) is 24.3 Å². The number of amides is 1. The molecule has 1 aromatic heterocycles. The fourth-order valence-corrected chi connectivity index (χ4v) is 4.59. The van der Waals surface area contributed by atoms with E-state index in [1.165, 1.54) is 0 Å². The Morgan fingerprint density at radius 2 is 1.71 bits per heavy atom. The Hall–Kier alpha value is -4.13. The van der Waals surface area contributed by atoms with Gasteiger partial charge in [0.1, 0.15) is 5.69 Å². The predicted molar refractivity (Wildman–Crippen MR) is 137 cm³/mol. The summed E-state index contributed by atoms with van der Waals surface area (Å²) in [4.78, 5) is 27.2. The van der Waals surface area contributed by atoms with Crippen molar-refractivity contribution < 1.29 is 14.3 Å². The minimum atomic E-state index is -0.102. The standard InChI is InChI=1S/C28H28N4O3/c1-31(2)20-12-9-18(10-13-20)27-29-23-8-6-5-7-22(23)25(30-27)28(33)32-16-15-21-19(17-32)11-14-24(34-3)26(21)35-4/h5-14H,15-17H2,1-4H3. The molecule has 0 fully saturated rings. The molecule has 0 bridgehead atoms. The number of anilines is 1. The molecule has 35 heavy (non-hydrogen) atoms. The van der Waals surface area contributed by atoms with Crippen LogP contribution in [-0.4, -0.2) is 55.6 Å². The van der Waals surface area contributed by atoms with Crippen LogP contribution in [0, 0.1) is 0 Å². The highest BCUT2D eigenvalue weighted by Gasteiger charge is 2.28. The summed E-state index contributed by atoms with van der Waals surface area (Å²) in [6.45, 7) is 1.06. The molecule has 0 aliphatic carbocycles. The number of ether oxygens (including phenoxy) is 2. The van der Waals surface area contributed by atoms with Gasteiger partial charge in [0.15, 0.2) is 17.3 Å². The fraction of sp³-hybridized carbons (Fsp3) is 0.250. The van der Waals surface area contributed by atoms with Crippen molar-refractivity contribution in [2.45, 2.75) is 13.0 Å². The summed E-state index contributed by atoms with van der Waals surface area (Å²) in [6.07, 6.45) is 0.684. The molecule has 4 aromatic rings. The largest absolute Gasteiger partial charge is 0.493 e. The van der Waals surface area contributed by atoms with Crippen molar-refractivity contribution in [3.63, 3.8) is 0 Å². The van der Waals surface area contributed by atoms with Crippen molar-refractivity contribution in [2.75, 3.05) is 39.8 Å². The lowest BCUT2D eigenvalue weighted by Gasteiger charge is -2.30. The average Bonchev–Trinajstić information content (AvgIpc) is 2.91. The predicted octanol–water partition coefficient (Wildman–Crippen LogP) is 4.58. The van der Waals surface area contributed by atoms with Gasteiger partial charge in [-0.3, -0.25) is 4.79 Å². The van der Waals surface area contributed by atoms with Gasteiger partial charge in [-0.2, -0.15) is 0 Å². The smallest absolute Gasteiger partial charge is 0.273 e. The van der Waals surface area contributed by atoms with Gasteiger partial charge in [0, 0.05) is 49.4 Å². The van der Waals surface area contributed by atoms with E-state index in [2.05, 4.69) is 0 Å². The first kappa shape index (κ1) is 22.7. The van der Waals surface area contributed by atoms with Crippen molar-refractivity contribution in [1.82, 2.24) is 14.9 Å². The zero-order valence-corrected chi connectivity index (χ0v) is 20.4. The Kier molecular flexibility index (Phi) is 5.99. The molecule has 2 heterocycles. The number of benzene rings is 3. The molecule has 0 spiro atoms. The number of rotatable bonds is 5. The molecule has 0 saturated heterocycles. The van der Waals surface area contributed by atoms with Crippen LogP contribution in [-0.2, 0) is 13.0 Å². The molecule has 7 nitrogen and oxygen atoms in total. The highest BCUT2D eigenvalue weighted by Crippen LogP contribution is 2.37. The summed E-state index contributed by atoms with van der Waals surface area (Å²) in [5.74, 6) is 1.89. The van der Waals surface area contributed by atoms with E-state index < -0.39 is 0 Å². The van der Waals surface area contributed by atoms with Gasteiger partial charge in [0.25, 0.3) is 5.91 Å². The molecule has 3 aromatic carbocycles. The van der Waals surface area contributed by atoms with Gasteiger partial charge in [-0.15, -0.1) is 0 Å². The summed E-state index contributed by atoms with van der Waals surface area (Å²) in [6, 6.07) is 19.6. The summed E-state index contributed by atoms with van der Waals surface area (Å²) >= 11 is 0. The summed E-state index contributed by atoms with van der Waals surface area (Å²) in [7, 11) is 7.28. The second-order valence-electron chi connectivity index (χ2n) is 8.77. The molecule has 0 N–H and O–H groups in total. The zero-order valence-electron chi connectivity index (χ0n) is 20.4. The van der Waals surface area contributed by atoms with Gasteiger partial charge in [-0.05, 0) is 48.4 Å². The molecule has 1 amide bonds. The number of methoxy groups -OCH3 is 2. The summed E-state index contributed by atoms with van der Waals surface area (Å²) in [5, 5.41) is 0.754. The number of aromatic nitrogens is 2. The van der Waals surface area contributed by atoms with Crippen LogP contribution in [0.5, 0.6) is 11.5 Å². The second-order valence-corrected chi connectivity index (χ2v) is 8.77. The van der Waals surface area contributed by atoms with Gasteiger partial charge in [0.2, 0.25) is 0 Å². The molecule has 178 valence electrons.